The molecule has 1 aromatic rings. The van der Waals surface area contributed by atoms with E-state index in [1.807, 2.05) is 38.6 Å². The van der Waals surface area contributed by atoms with Gasteiger partial charge in [-0.1, -0.05) is 18.3 Å². The molecule has 0 radical (unpaired) electrons. The van der Waals surface area contributed by atoms with Gasteiger partial charge < -0.3 is 15.4 Å². The van der Waals surface area contributed by atoms with Crippen LogP contribution in [0.15, 0.2) is 23.1 Å². The summed E-state index contributed by atoms with van der Waals surface area (Å²) < 4.78 is 5.73. The number of nitrogens with two attached hydrogens (primary N) is 1. The highest BCUT2D eigenvalue weighted by Gasteiger charge is 2.11. The van der Waals surface area contributed by atoms with E-state index in [4.69, 9.17) is 22.7 Å². The number of hydrogen-bond acceptors (Lipinski definition) is 4. The highest BCUT2D eigenvalue weighted by atomic mass is 32.2. The van der Waals surface area contributed by atoms with E-state index in [-0.39, 0.29) is 0 Å². The van der Waals surface area contributed by atoms with Gasteiger partial charge in [-0.05, 0) is 32.5 Å². The summed E-state index contributed by atoms with van der Waals surface area (Å²) in [6.45, 7) is 1.49. The molecule has 17 heavy (non-hydrogen) atoms. The Kier molecular flexibility index (Phi) is 5.74. The third kappa shape index (κ3) is 4.18. The molecule has 0 saturated heterocycles. The third-order valence-electron chi connectivity index (χ3n) is 2.25. The van der Waals surface area contributed by atoms with Crippen molar-refractivity contribution in [3.05, 3.63) is 23.8 Å². The summed E-state index contributed by atoms with van der Waals surface area (Å²) in [6, 6.07) is 5.86. The van der Waals surface area contributed by atoms with Crippen molar-refractivity contribution in [3.63, 3.8) is 0 Å². The van der Waals surface area contributed by atoms with E-state index >= 15 is 0 Å². The van der Waals surface area contributed by atoms with Crippen molar-refractivity contribution in [2.75, 3.05) is 33.5 Å². The quantitative estimate of drug-likeness (QED) is 0.632. The number of likely N-dealkylation sites (N-methyl/N-ethyl adjacent to an activating group) is 1. The Hall–Kier alpha value is -0.780. The summed E-state index contributed by atoms with van der Waals surface area (Å²) in [6.07, 6.45) is 2.00. The normalized spacial score (nSPS) is 10.6. The minimum atomic E-state index is 0.384. The fraction of sp³-hybridized carbons (Fsp3) is 0.417. The predicted octanol–water partition coefficient (Wildman–Crippen LogP) is 1.98. The topological polar surface area (TPSA) is 38.5 Å². The van der Waals surface area contributed by atoms with Crippen molar-refractivity contribution in [2.45, 2.75) is 4.90 Å². The van der Waals surface area contributed by atoms with Crippen LogP contribution in [0.1, 0.15) is 5.56 Å². The smallest absolute Gasteiger partial charge is 0.130 e. The monoisotopic (exact) mass is 270 g/mol. The molecular formula is C12H18N2OS2. The molecule has 0 saturated carbocycles. The standard InChI is InChI=1S/C12H18N2OS2/c1-14(2)7-8-15-9-5-4-6-10(17-3)11(9)12(13)16/h4-6H,7-8H2,1-3H3,(H2,13,16). The number of thioether (sulfide) groups is 1. The molecule has 2 N–H and O–H groups in total. The molecule has 0 unspecified atom stereocenters. The number of hydrogen-bond donors (Lipinski definition) is 1. The Balaban J connectivity index is 2.87. The lowest BCUT2D eigenvalue weighted by molar-refractivity contribution is 0.260. The molecule has 0 heterocycles. The molecule has 1 rings (SSSR count). The highest BCUT2D eigenvalue weighted by Crippen LogP contribution is 2.28. The lowest BCUT2D eigenvalue weighted by Gasteiger charge is -2.15. The number of thiocarbonyl (C=S) groups is 1. The Bertz CT molecular complexity index is 394. The summed E-state index contributed by atoms with van der Waals surface area (Å²) in [7, 11) is 4.02. The van der Waals surface area contributed by atoms with Gasteiger partial charge in [0.25, 0.3) is 0 Å². The van der Waals surface area contributed by atoms with Crippen LogP contribution < -0.4 is 10.5 Å². The van der Waals surface area contributed by atoms with Gasteiger partial charge in [-0.2, -0.15) is 0 Å². The van der Waals surface area contributed by atoms with E-state index in [2.05, 4.69) is 4.90 Å². The van der Waals surface area contributed by atoms with Crippen molar-refractivity contribution < 1.29 is 4.74 Å². The zero-order valence-corrected chi connectivity index (χ0v) is 12.0. The summed E-state index contributed by atoms with van der Waals surface area (Å²) in [4.78, 5) is 3.51. The van der Waals surface area contributed by atoms with Gasteiger partial charge in [0.15, 0.2) is 0 Å². The van der Waals surface area contributed by atoms with Crippen molar-refractivity contribution in [3.8, 4) is 5.75 Å². The molecule has 0 spiro atoms. The maximum atomic E-state index is 5.75. The number of rotatable bonds is 6. The van der Waals surface area contributed by atoms with Crippen LogP contribution in [-0.4, -0.2) is 43.4 Å². The summed E-state index contributed by atoms with van der Waals surface area (Å²) in [5.74, 6) is 0.770. The second-order valence-corrected chi connectivity index (χ2v) is 5.14. The maximum Gasteiger partial charge on any atom is 0.130 e. The van der Waals surface area contributed by atoms with Crippen LogP contribution in [-0.2, 0) is 0 Å². The van der Waals surface area contributed by atoms with E-state index in [1.165, 1.54) is 0 Å². The molecular weight excluding hydrogens is 252 g/mol. The second-order valence-electron chi connectivity index (χ2n) is 3.85. The maximum absolute atomic E-state index is 5.75. The zero-order chi connectivity index (χ0) is 12.8. The van der Waals surface area contributed by atoms with E-state index in [1.54, 1.807) is 11.8 Å². The molecule has 0 atom stereocenters. The largest absolute Gasteiger partial charge is 0.491 e. The molecule has 0 fully saturated rings. The Morgan fingerprint density at radius 1 is 1.47 bits per heavy atom. The fourth-order valence-corrected chi connectivity index (χ4v) is 2.29. The molecule has 5 heteroatoms. The van der Waals surface area contributed by atoms with Gasteiger partial charge in [0.05, 0.1) is 5.56 Å². The number of nitrogens with zero attached hydrogens (tertiary/aromatic N) is 1. The average Bonchev–Trinajstić information content (AvgIpc) is 2.27. The number of benzene rings is 1. The van der Waals surface area contributed by atoms with E-state index < -0.39 is 0 Å². The van der Waals surface area contributed by atoms with E-state index in [0.717, 1.165) is 22.8 Å². The molecule has 0 aliphatic rings. The van der Waals surface area contributed by atoms with Gasteiger partial charge >= 0.3 is 0 Å². The Labute approximate surface area is 112 Å². The van der Waals surface area contributed by atoms with Gasteiger partial charge in [-0.25, -0.2) is 0 Å². The first-order chi connectivity index (χ1) is 8.06. The molecule has 94 valence electrons. The molecule has 0 amide bonds. The molecule has 3 nitrogen and oxygen atoms in total. The van der Waals surface area contributed by atoms with Crippen molar-refractivity contribution in [2.24, 2.45) is 5.73 Å². The van der Waals surface area contributed by atoms with Crippen LogP contribution in [0.4, 0.5) is 0 Å². The molecule has 0 aliphatic heterocycles. The van der Waals surface area contributed by atoms with Gasteiger partial charge in [-0.15, -0.1) is 11.8 Å². The molecule has 0 aromatic heterocycles. The lowest BCUT2D eigenvalue weighted by atomic mass is 10.2. The van der Waals surface area contributed by atoms with E-state index in [0.29, 0.717) is 11.6 Å². The first-order valence-corrected chi connectivity index (χ1v) is 6.94. The van der Waals surface area contributed by atoms with Crippen LogP contribution in [0.3, 0.4) is 0 Å². The van der Waals surface area contributed by atoms with Crippen molar-refractivity contribution in [1.82, 2.24) is 4.90 Å². The van der Waals surface area contributed by atoms with Gasteiger partial charge in [0.1, 0.15) is 17.3 Å². The Morgan fingerprint density at radius 2 is 2.18 bits per heavy atom. The highest BCUT2D eigenvalue weighted by molar-refractivity contribution is 7.98. The molecule has 1 aromatic carbocycles. The minimum Gasteiger partial charge on any atom is -0.491 e. The summed E-state index contributed by atoms with van der Waals surface area (Å²) in [5.41, 5.74) is 6.59. The summed E-state index contributed by atoms with van der Waals surface area (Å²) >= 11 is 6.70. The van der Waals surface area contributed by atoms with Crippen LogP contribution in [0.2, 0.25) is 0 Å². The molecule has 0 aliphatic carbocycles. The van der Waals surface area contributed by atoms with E-state index in [9.17, 15) is 0 Å². The van der Waals surface area contributed by atoms with Crippen LogP contribution in [0.25, 0.3) is 0 Å². The fourth-order valence-electron chi connectivity index (χ4n) is 1.38. The minimum absolute atomic E-state index is 0.384. The average molecular weight is 270 g/mol. The lowest BCUT2D eigenvalue weighted by Crippen LogP contribution is -2.21. The second kappa shape index (κ2) is 6.83. The summed E-state index contributed by atoms with van der Waals surface area (Å²) in [5, 5.41) is 0. The zero-order valence-electron chi connectivity index (χ0n) is 10.4. The first kappa shape index (κ1) is 14.3. The van der Waals surface area contributed by atoms with Crippen LogP contribution >= 0.6 is 24.0 Å². The predicted molar refractivity (Wildman–Crippen MR) is 78.2 cm³/mol. The first-order valence-electron chi connectivity index (χ1n) is 5.30. The Morgan fingerprint density at radius 3 is 2.71 bits per heavy atom. The van der Waals surface area contributed by atoms with Gasteiger partial charge in [0.2, 0.25) is 0 Å². The van der Waals surface area contributed by atoms with Crippen molar-refractivity contribution in [1.29, 1.82) is 0 Å². The third-order valence-corrected chi connectivity index (χ3v) is 3.23. The molecule has 0 bridgehead atoms. The van der Waals surface area contributed by atoms with Crippen LogP contribution in [0, 0.1) is 0 Å². The van der Waals surface area contributed by atoms with Gasteiger partial charge in [0, 0.05) is 11.4 Å². The van der Waals surface area contributed by atoms with Gasteiger partial charge in [-0.3, -0.25) is 0 Å². The van der Waals surface area contributed by atoms with Crippen molar-refractivity contribution >= 4 is 29.0 Å². The SMILES string of the molecule is CSc1cccc(OCCN(C)C)c1C(N)=S. The van der Waals surface area contributed by atoms with Crippen LogP contribution in [0.5, 0.6) is 5.75 Å². The number of ether oxygens (including phenoxy) is 1.